The molecule has 0 aliphatic carbocycles. The predicted molar refractivity (Wildman–Crippen MR) is 133 cm³/mol. The number of nitrogens with zero attached hydrogens (tertiary/aromatic N) is 6. The van der Waals surface area contributed by atoms with Gasteiger partial charge in [0.1, 0.15) is 5.75 Å². The van der Waals surface area contributed by atoms with Gasteiger partial charge in [-0.2, -0.15) is 0 Å². The lowest BCUT2D eigenvalue weighted by Gasteiger charge is -2.36. The molecule has 2 aromatic rings. The van der Waals surface area contributed by atoms with E-state index < -0.39 is 0 Å². The van der Waals surface area contributed by atoms with Crippen LogP contribution in [0, 0.1) is 5.92 Å². The topological polar surface area (TPSA) is 82.1 Å². The zero-order valence-electron chi connectivity index (χ0n) is 20.9. The molecule has 1 aliphatic rings. The van der Waals surface area contributed by atoms with Crippen molar-refractivity contribution in [2.75, 3.05) is 71.9 Å². The van der Waals surface area contributed by atoms with Crippen molar-refractivity contribution in [1.29, 1.82) is 0 Å². The first kappa shape index (κ1) is 25.4. The second-order valence-corrected chi connectivity index (χ2v) is 9.09. The van der Waals surface area contributed by atoms with Crippen molar-refractivity contribution in [1.82, 2.24) is 24.9 Å². The highest BCUT2D eigenvalue weighted by Crippen LogP contribution is 2.22. The molecule has 1 fully saturated rings. The zero-order chi connectivity index (χ0) is 24.7. The molecule has 1 saturated heterocycles. The van der Waals surface area contributed by atoms with Crippen molar-refractivity contribution in [3.63, 3.8) is 0 Å². The van der Waals surface area contributed by atoms with Crippen molar-refractivity contribution < 1.29 is 14.3 Å². The van der Waals surface area contributed by atoms with Crippen LogP contribution in [0.1, 0.15) is 13.8 Å². The first-order valence-electron chi connectivity index (χ1n) is 11.7. The van der Waals surface area contributed by atoms with Crippen molar-refractivity contribution in [2.24, 2.45) is 5.92 Å². The summed E-state index contributed by atoms with van der Waals surface area (Å²) >= 11 is 0. The molecule has 1 aromatic carbocycles. The summed E-state index contributed by atoms with van der Waals surface area (Å²) in [5, 5.41) is 8.79. The van der Waals surface area contributed by atoms with Gasteiger partial charge in [-0.15, -0.1) is 10.2 Å². The number of ether oxygens (including phenoxy) is 1. The van der Waals surface area contributed by atoms with Gasteiger partial charge < -0.3 is 24.3 Å². The fraction of sp³-hybridized carbons (Fsp3) is 0.520. The van der Waals surface area contributed by atoms with E-state index >= 15 is 0 Å². The Labute approximate surface area is 202 Å². The number of anilines is 1. The van der Waals surface area contributed by atoms with Crippen LogP contribution in [0.2, 0.25) is 0 Å². The first-order valence-corrected chi connectivity index (χ1v) is 11.7. The molecule has 0 unspecified atom stereocenters. The van der Waals surface area contributed by atoms with E-state index in [1.807, 2.05) is 74.1 Å². The van der Waals surface area contributed by atoms with E-state index in [0.717, 1.165) is 29.4 Å². The van der Waals surface area contributed by atoms with Gasteiger partial charge >= 0.3 is 0 Å². The van der Waals surface area contributed by atoms with Crippen molar-refractivity contribution in [3.05, 3.63) is 36.4 Å². The summed E-state index contributed by atoms with van der Waals surface area (Å²) in [5.41, 5.74) is 1.78. The lowest BCUT2D eigenvalue weighted by molar-refractivity contribution is -0.142. The minimum Gasteiger partial charge on any atom is -0.497 e. The molecule has 9 heteroatoms. The first-order chi connectivity index (χ1) is 16.3. The van der Waals surface area contributed by atoms with Crippen LogP contribution in [0.5, 0.6) is 5.75 Å². The van der Waals surface area contributed by atoms with Gasteiger partial charge in [0, 0.05) is 50.7 Å². The molecule has 3 rings (SSSR count). The van der Waals surface area contributed by atoms with E-state index in [4.69, 9.17) is 4.74 Å². The molecule has 0 saturated carbocycles. The predicted octanol–water partition coefficient (Wildman–Crippen LogP) is 1.85. The Bertz CT molecular complexity index is 938. The van der Waals surface area contributed by atoms with Crippen LogP contribution in [-0.4, -0.2) is 104 Å². The molecular weight excluding hydrogens is 432 g/mol. The van der Waals surface area contributed by atoms with Gasteiger partial charge in [0.05, 0.1) is 19.3 Å². The molecule has 34 heavy (non-hydrogen) atoms. The molecule has 1 aromatic heterocycles. The third-order valence-electron chi connectivity index (χ3n) is 5.94. The summed E-state index contributed by atoms with van der Waals surface area (Å²) in [7, 11) is 5.57. The fourth-order valence-corrected chi connectivity index (χ4v) is 3.81. The van der Waals surface area contributed by atoms with E-state index in [-0.39, 0.29) is 24.3 Å². The van der Waals surface area contributed by atoms with E-state index in [9.17, 15) is 9.59 Å². The zero-order valence-corrected chi connectivity index (χ0v) is 20.9. The second-order valence-electron chi connectivity index (χ2n) is 9.09. The van der Waals surface area contributed by atoms with Crippen LogP contribution in [-0.2, 0) is 9.59 Å². The maximum Gasteiger partial charge on any atom is 0.242 e. The summed E-state index contributed by atoms with van der Waals surface area (Å²) in [5.74, 6) is 1.47. The van der Waals surface area contributed by atoms with Gasteiger partial charge in [-0.25, -0.2) is 0 Å². The van der Waals surface area contributed by atoms with Gasteiger partial charge in [0.2, 0.25) is 11.8 Å². The van der Waals surface area contributed by atoms with Crippen molar-refractivity contribution in [3.8, 4) is 17.0 Å². The average Bonchev–Trinajstić information content (AvgIpc) is 2.86. The van der Waals surface area contributed by atoms with Crippen LogP contribution >= 0.6 is 0 Å². The smallest absolute Gasteiger partial charge is 0.242 e. The molecule has 0 bridgehead atoms. The summed E-state index contributed by atoms with van der Waals surface area (Å²) < 4.78 is 5.20. The largest absolute Gasteiger partial charge is 0.497 e. The molecule has 1 aliphatic heterocycles. The number of methoxy groups -OCH3 is 1. The van der Waals surface area contributed by atoms with Crippen LogP contribution in [0.15, 0.2) is 36.4 Å². The molecule has 9 nitrogen and oxygen atoms in total. The number of likely N-dealkylation sites (N-methyl/N-ethyl adjacent to an activating group) is 1. The quantitative estimate of drug-likeness (QED) is 0.555. The Morgan fingerprint density at radius 1 is 0.971 bits per heavy atom. The Hall–Kier alpha value is -3.20. The van der Waals surface area contributed by atoms with Gasteiger partial charge in [-0.05, 0) is 50.5 Å². The van der Waals surface area contributed by atoms with Gasteiger partial charge in [0.25, 0.3) is 0 Å². The molecule has 184 valence electrons. The van der Waals surface area contributed by atoms with E-state index in [1.165, 1.54) is 0 Å². The standard InChI is InChI=1S/C25H36N6O3/c1-19(2)25(33)31(13-12-28(3)4)18-24(32)30-16-14-29(15-17-30)23-11-10-22(26-27-23)20-6-8-21(34-5)9-7-20/h6-11,19H,12-18H2,1-5H3. The number of rotatable bonds is 9. The number of amides is 2. The van der Waals surface area contributed by atoms with Crippen LogP contribution < -0.4 is 9.64 Å². The SMILES string of the molecule is COc1ccc(-c2ccc(N3CCN(C(=O)CN(CCN(C)C)C(=O)C(C)C)CC3)nn2)cc1. The lowest BCUT2D eigenvalue weighted by Crippen LogP contribution is -2.53. The molecule has 0 radical (unpaired) electrons. The van der Waals surface area contributed by atoms with Crippen LogP contribution in [0.25, 0.3) is 11.3 Å². The Morgan fingerprint density at radius 3 is 2.18 bits per heavy atom. The Morgan fingerprint density at radius 2 is 1.65 bits per heavy atom. The molecule has 0 atom stereocenters. The Kier molecular flexibility index (Phi) is 8.81. The number of hydrogen-bond acceptors (Lipinski definition) is 7. The maximum absolute atomic E-state index is 12.9. The summed E-state index contributed by atoms with van der Waals surface area (Å²) in [4.78, 5) is 33.2. The van der Waals surface area contributed by atoms with Gasteiger partial charge in [-0.1, -0.05) is 13.8 Å². The highest BCUT2D eigenvalue weighted by atomic mass is 16.5. The lowest BCUT2D eigenvalue weighted by atomic mass is 10.1. The summed E-state index contributed by atoms with van der Waals surface area (Å²) in [6.07, 6.45) is 0. The highest BCUT2D eigenvalue weighted by Gasteiger charge is 2.26. The molecular formula is C25H36N6O3. The monoisotopic (exact) mass is 468 g/mol. The number of benzene rings is 1. The van der Waals surface area contributed by atoms with Gasteiger partial charge in [-0.3, -0.25) is 9.59 Å². The van der Waals surface area contributed by atoms with E-state index in [0.29, 0.717) is 32.7 Å². The van der Waals surface area contributed by atoms with Crippen molar-refractivity contribution >= 4 is 17.6 Å². The normalized spacial score (nSPS) is 14.0. The summed E-state index contributed by atoms with van der Waals surface area (Å²) in [6, 6.07) is 11.6. The minimum atomic E-state index is -0.133. The number of carbonyl (C=O) groups excluding carboxylic acids is 2. The van der Waals surface area contributed by atoms with E-state index in [2.05, 4.69) is 15.1 Å². The number of aromatic nitrogens is 2. The maximum atomic E-state index is 12.9. The highest BCUT2D eigenvalue weighted by molar-refractivity contribution is 5.85. The summed E-state index contributed by atoms with van der Waals surface area (Å²) in [6.45, 7) is 7.69. The van der Waals surface area contributed by atoms with Crippen molar-refractivity contribution in [2.45, 2.75) is 13.8 Å². The molecule has 0 N–H and O–H groups in total. The van der Waals surface area contributed by atoms with Crippen LogP contribution in [0.3, 0.4) is 0 Å². The number of carbonyl (C=O) groups is 2. The second kappa shape index (κ2) is 11.8. The van der Waals surface area contributed by atoms with E-state index in [1.54, 1.807) is 12.0 Å². The molecule has 2 amide bonds. The number of hydrogen-bond donors (Lipinski definition) is 0. The number of piperazine rings is 1. The fourth-order valence-electron chi connectivity index (χ4n) is 3.81. The minimum absolute atomic E-state index is 0.00616. The van der Waals surface area contributed by atoms with Gasteiger partial charge in [0.15, 0.2) is 5.82 Å². The third kappa shape index (κ3) is 6.66. The Balaban J connectivity index is 1.55. The molecule has 2 heterocycles. The molecule has 0 spiro atoms. The van der Waals surface area contributed by atoms with Crippen LogP contribution in [0.4, 0.5) is 5.82 Å². The third-order valence-corrected chi connectivity index (χ3v) is 5.94. The average molecular weight is 469 g/mol.